The highest BCUT2D eigenvalue weighted by Crippen LogP contribution is 2.08. The predicted molar refractivity (Wildman–Crippen MR) is 39.5 cm³/mol. The van der Waals surface area contributed by atoms with Crippen molar-refractivity contribution in [2.45, 2.75) is 19.4 Å². The van der Waals surface area contributed by atoms with Crippen LogP contribution in [0.25, 0.3) is 0 Å². The molecule has 1 heterocycles. The fourth-order valence-electron chi connectivity index (χ4n) is 0.814. The molecule has 0 radical (unpaired) electrons. The molecule has 1 aliphatic rings. The summed E-state index contributed by atoms with van der Waals surface area (Å²) in [7, 11) is 0. The second-order valence-corrected chi connectivity index (χ2v) is 3.44. The van der Waals surface area contributed by atoms with Crippen molar-refractivity contribution in [1.29, 1.82) is 0 Å². The van der Waals surface area contributed by atoms with Gasteiger partial charge in [0.1, 0.15) is 0 Å². The van der Waals surface area contributed by atoms with E-state index in [4.69, 9.17) is 0 Å². The van der Waals surface area contributed by atoms with E-state index < -0.39 is 0 Å². The van der Waals surface area contributed by atoms with E-state index in [1.807, 2.05) is 18.7 Å². The molecule has 0 aromatic rings. The molecular formula is C6H11NOS. The van der Waals surface area contributed by atoms with E-state index in [2.05, 4.69) is 5.32 Å². The number of hydrogen-bond donors (Lipinski definition) is 1. The van der Waals surface area contributed by atoms with Crippen LogP contribution >= 0.6 is 11.8 Å². The van der Waals surface area contributed by atoms with Crippen molar-refractivity contribution in [2.75, 3.05) is 11.5 Å². The summed E-state index contributed by atoms with van der Waals surface area (Å²) in [6, 6.07) is 0.366. The standard InChI is InChI=1S/C6H11NOS/c1-5-4-9-3-2-6(8)7-5/h5H,2-4H2,1H3,(H,7,8). The van der Waals surface area contributed by atoms with Gasteiger partial charge < -0.3 is 5.32 Å². The Labute approximate surface area is 59.4 Å². The highest BCUT2D eigenvalue weighted by atomic mass is 32.2. The van der Waals surface area contributed by atoms with Crippen molar-refractivity contribution in [3.63, 3.8) is 0 Å². The van der Waals surface area contributed by atoms with E-state index in [0.29, 0.717) is 12.5 Å². The Morgan fingerprint density at radius 1 is 1.78 bits per heavy atom. The van der Waals surface area contributed by atoms with Crippen LogP contribution in [0.15, 0.2) is 0 Å². The second-order valence-electron chi connectivity index (χ2n) is 2.29. The van der Waals surface area contributed by atoms with Crippen LogP contribution in [0.2, 0.25) is 0 Å². The third kappa shape index (κ3) is 2.26. The summed E-state index contributed by atoms with van der Waals surface area (Å²) in [6.45, 7) is 2.04. The van der Waals surface area contributed by atoms with Crippen molar-refractivity contribution in [3.8, 4) is 0 Å². The van der Waals surface area contributed by atoms with Crippen LogP contribution in [-0.4, -0.2) is 23.5 Å². The number of thioether (sulfide) groups is 1. The van der Waals surface area contributed by atoms with Gasteiger partial charge >= 0.3 is 0 Å². The maximum atomic E-state index is 10.8. The predicted octanol–water partition coefficient (Wildman–Crippen LogP) is 0.628. The molecule has 1 N–H and O–H groups in total. The van der Waals surface area contributed by atoms with E-state index in [-0.39, 0.29) is 5.91 Å². The molecule has 1 rings (SSSR count). The molecule has 0 aromatic carbocycles. The lowest BCUT2D eigenvalue weighted by atomic mass is 10.3. The maximum Gasteiger partial charge on any atom is 0.221 e. The lowest BCUT2D eigenvalue weighted by molar-refractivity contribution is -0.121. The molecule has 0 spiro atoms. The Balaban J connectivity index is 2.37. The van der Waals surface area contributed by atoms with Crippen LogP contribution in [0.4, 0.5) is 0 Å². The Morgan fingerprint density at radius 2 is 2.56 bits per heavy atom. The number of amides is 1. The summed E-state index contributed by atoms with van der Waals surface area (Å²) in [5.74, 6) is 2.24. The average Bonchev–Trinajstić information content (AvgIpc) is 1.93. The normalized spacial score (nSPS) is 29.0. The summed E-state index contributed by atoms with van der Waals surface area (Å²) in [5, 5.41) is 2.88. The van der Waals surface area contributed by atoms with Crippen molar-refractivity contribution in [3.05, 3.63) is 0 Å². The molecule has 1 aliphatic heterocycles. The summed E-state index contributed by atoms with van der Waals surface area (Å²) in [6.07, 6.45) is 0.689. The van der Waals surface area contributed by atoms with Gasteiger partial charge in [-0.15, -0.1) is 0 Å². The zero-order valence-electron chi connectivity index (χ0n) is 5.52. The molecule has 52 valence electrons. The Kier molecular flexibility index (Phi) is 2.39. The number of rotatable bonds is 0. The molecule has 1 amide bonds. The molecule has 3 heteroatoms. The van der Waals surface area contributed by atoms with Gasteiger partial charge in [0.15, 0.2) is 0 Å². The van der Waals surface area contributed by atoms with E-state index in [1.54, 1.807) is 0 Å². The molecule has 0 aliphatic carbocycles. The molecule has 0 saturated carbocycles. The van der Waals surface area contributed by atoms with Crippen LogP contribution in [-0.2, 0) is 4.79 Å². The summed E-state index contributed by atoms with van der Waals surface area (Å²) in [5.41, 5.74) is 0. The van der Waals surface area contributed by atoms with E-state index in [1.165, 1.54) is 0 Å². The minimum absolute atomic E-state index is 0.201. The van der Waals surface area contributed by atoms with Crippen LogP contribution in [0.5, 0.6) is 0 Å². The highest BCUT2D eigenvalue weighted by molar-refractivity contribution is 7.99. The fourth-order valence-corrected chi connectivity index (χ4v) is 1.75. The van der Waals surface area contributed by atoms with Crippen molar-refractivity contribution >= 4 is 17.7 Å². The minimum atomic E-state index is 0.201. The van der Waals surface area contributed by atoms with Crippen LogP contribution in [0.1, 0.15) is 13.3 Å². The molecule has 0 aromatic heterocycles. The zero-order chi connectivity index (χ0) is 6.69. The minimum Gasteiger partial charge on any atom is -0.353 e. The fraction of sp³-hybridized carbons (Fsp3) is 0.833. The van der Waals surface area contributed by atoms with E-state index in [0.717, 1.165) is 11.5 Å². The van der Waals surface area contributed by atoms with Gasteiger partial charge in [0.2, 0.25) is 5.91 Å². The largest absolute Gasteiger partial charge is 0.353 e. The van der Waals surface area contributed by atoms with Crippen molar-refractivity contribution in [1.82, 2.24) is 5.32 Å². The van der Waals surface area contributed by atoms with Gasteiger partial charge in [0.05, 0.1) is 0 Å². The molecule has 0 bridgehead atoms. The molecule has 2 nitrogen and oxygen atoms in total. The quantitative estimate of drug-likeness (QED) is 0.541. The SMILES string of the molecule is CC1CSCCC(=O)N1. The Morgan fingerprint density at radius 3 is 3.33 bits per heavy atom. The lowest BCUT2D eigenvalue weighted by Crippen LogP contribution is -2.31. The zero-order valence-corrected chi connectivity index (χ0v) is 6.33. The number of nitrogens with one attached hydrogen (secondary N) is 1. The van der Waals surface area contributed by atoms with Gasteiger partial charge in [-0.1, -0.05) is 0 Å². The van der Waals surface area contributed by atoms with Gasteiger partial charge in [-0.3, -0.25) is 4.79 Å². The topological polar surface area (TPSA) is 29.1 Å². The van der Waals surface area contributed by atoms with E-state index in [9.17, 15) is 4.79 Å². The second kappa shape index (κ2) is 3.11. The van der Waals surface area contributed by atoms with Gasteiger partial charge in [-0.2, -0.15) is 11.8 Å². The van der Waals surface area contributed by atoms with Crippen molar-refractivity contribution < 1.29 is 4.79 Å². The van der Waals surface area contributed by atoms with Gasteiger partial charge in [0, 0.05) is 24.0 Å². The maximum absolute atomic E-state index is 10.8. The first-order chi connectivity index (χ1) is 4.29. The Bertz CT molecular complexity index is 116. The number of hydrogen-bond acceptors (Lipinski definition) is 2. The number of carbonyl (C=O) groups excluding carboxylic acids is 1. The van der Waals surface area contributed by atoms with Crippen LogP contribution in [0, 0.1) is 0 Å². The molecular weight excluding hydrogens is 134 g/mol. The number of carbonyl (C=O) groups is 1. The average molecular weight is 145 g/mol. The first-order valence-corrected chi connectivity index (χ1v) is 4.31. The summed E-state index contributed by atoms with van der Waals surface area (Å²) < 4.78 is 0. The lowest BCUT2D eigenvalue weighted by Gasteiger charge is -2.06. The molecule has 1 unspecified atom stereocenters. The molecule has 1 saturated heterocycles. The third-order valence-electron chi connectivity index (χ3n) is 1.25. The third-order valence-corrected chi connectivity index (χ3v) is 2.48. The van der Waals surface area contributed by atoms with Gasteiger partial charge in [-0.05, 0) is 6.92 Å². The smallest absolute Gasteiger partial charge is 0.221 e. The molecule has 1 fully saturated rings. The highest BCUT2D eigenvalue weighted by Gasteiger charge is 2.10. The molecule has 9 heavy (non-hydrogen) atoms. The molecule has 1 atom stereocenters. The monoisotopic (exact) mass is 145 g/mol. The van der Waals surface area contributed by atoms with Gasteiger partial charge in [-0.25, -0.2) is 0 Å². The van der Waals surface area contributed by atoms with Crippen LogP contribution in [0.3, 0.4) is 0 Å². The van der Waals surface area contributed by atoms with Gasteiger partial charge in [0.25, 0.3) is 0 Å². The Hall–Kier alpha value is -0.180. The summed E-state index contributed by atoms with van der Waals surface area (Å²) in [4.78, 5) is 10.8. The van der Waals surface area contributed by atoms with Crippen molar-refractivity contribution in [2.24, 2.45) is 0 Å². The van der Waals surface area contributed by atoms with Crippen LogP contribution < -0.4 is 5.32 Å². The first kappa shape index (κ1) is 6.93. The first-order valence-electron chi connectivity index (χ1n) is 3.16. The van der Waals surface area contributed by atoms with E-state index >= 15 is 0 Å². The summed E-state index contributed by atoms with van der Waals surface area (Å²) >= 11 is 1.84.